The van der Waals surface area contributed by atoms with Crippen LogP contribution < -0.4 is 11.1 Å². The lowest BCUT2D eigenvalue weighted by atomic mass is 9.95. The second-order valence-corrected chi connectivity index (χ2v) is 7.17. The monoisotopic (exact) mass is 369 g/mol. The van der Waals surface area contributed by atoms with Crippen LogP contribution in [0.2, 0.25) is 0 Å². The van der Waals surface area contributed by atoms with Crippen LogP contribution in [0, 0.1) is 19.8 Å². The summed E-state index contributed by atoms with van der Waals surface area (Å²) < 4.78 is 1.84. The number of primary amides is 1. The quantitative estimate of drug-likeness (QED) is 0.843. The summed E-state index contributed by atoms with van der Waals surface area (Å²) in [5.74, 6) is -0.386. The molecule has 7 nitrogen and oxygen atoms in total. The number of aryl methyl sites for hydroxylation is 1. The van der Waals surface area contributed by atoms with Gasteiger partial charge in [0.15, 0.2) is 0 Å². The topological polar surface area (TPSA) is 93.2 Å². The van der Waals surface area contributed by atoms with E-state index in [1.54, 1.807) is 0 Å². The van der Waals surface area contributed by atoms with Gasteiger partial charge in [-0.1, -0.05) is 18.2 Å². The van der Waals surface area contributed by atoms with Crippen LogP contribution in [0.3, 0.4) is 0 Å². The minimum absolute atomic E-state index is 0.0636. The molecule has 1 aliphatic heterocycles. The fraction of sp³-hybridized carbons (Fsp3) is 0.450. The molecule has 1 aliphatic rings. The molecule has 27 heavy (non-hydrogen) atoms. The SMILES string of the molecule is Cc1nn(-c2ccccc2)c(C)c1NC(=O)C(C)N1CCC(C(N)=O)CC1. The first kappa shape index (κ1) is 19.1. The fourth-order valence-corrected chi connectivity index (χ4v) is 3.61. The van der Waals surface area contributed by atoms with Crippen LogP contribution in [0.5, 0.6) is 0 Å². The molecule has 0 radical (unpaired) electrons. The van der Waals surface area contributed by atoms with Gasteiger partial charge in [-0.15, -0.1) is 0 Å². The number of aromatic nitrogens is 2. The molecular formula is C20H27N5O2. The highest BCUT2D eigenvalue weighted by atomic mass is 16.2. The van der Waals surface area contributed by atoms with E-state index in [9.17, 15) is 9.59 Å². The van der Waals surface area contributed by atoms with Crippen LogP contribution in [0.15, 0.2) is 30.3 Å². The molecule has 1 saturated heterocycles. The van der Waals surface area contributed by atoms with Crippen LogP contribution in [0.1, 0.15) is 31.2 Å². The second-order valence-electron chi connectivity index (χ2n) is 7.17. The molecule has 0 spiro atoms. The zero-order chi connectivity index (χ0) is 19.6. The summed E-state index contributed by atoms with van der Waals surface area (Å²) in [6.07, 6.45) is 1.41. The van der Waals surface area contributed by atoms with E-state index in [1.165, 1.54) is 0 Å². The Kier molecular flexibility index (Phi) is 5.60. The van der Waals surface area contributed by atoms with Crippen LogP contribution in [0.25, 0.3) is 5.69 Å². The fourth-order valence-electron chi connectivity index (χ4n) is 3.61. The summed E-state index contributed by atoms with van der Waals surface area (Å²) >= 11 is 0. The summed E-state index contributed by atoms with van der Waals surface area (Å²) in [4.78, 5) is 26.2. The van der Waals surface area contributed by atoms with Crippen molar-refractivity contribution >= 4 is 17.5 Å². The number of anilines is 1. The number of amides is 2. The first-order valence-corrected chi connectivity index (χ1v) is 9.34. The number of carbonyl (C=O) groups excluding carboxylic acids is 2. The van der Waals surface area contributed by atoms with Gasteiger partial charge in [0.2, 0.25) is 11.8 Å². The summed E-state index contributed by atoms with van der Waals surface area (Å²) in [6.45, 7) is 7.13. The molecule has 2 heterocycles. The Bertz CT molecular complexity index is 822. The largest absolute Gasteiger partial charge is 0.369 e. The Hall–Kier alpha value is -2.67. The van der Waals surface area contributed by atoms with Gasteiger partial charge in [-0.05, 0) is 58.8 Å². The molecule has 1 aromatic heterocycles. The number of likely N-dealkylation sites (tertiary alicyclic amines) is 1. The van der Waals surface area contributed by atoms with Crippen molar-refractivity contribution < 1.29 is 9.59 Å². The molecule has 1 fully saturated rings. The molecule has 144 valence electrons. The van der Waals surface area contributed by atoms with E-state index in [2.05, 4.69) is 15.3 Å². The highest BCUT2D eigenvalue weighted by Gasteiger charge is 2.29. The molecule has 2 aromatic rings. The highest BCUT2D eigenvalue weighted by Crippen LogP contribution is 2.24. The van der Waals surface area contributed by atoms with E-state index >= 15 is 0 Å². The minimum Gasteiger partial charge on any atom is -0.369 e. The Balaban J connectivity index is 1.69. The normalized spacial score (nSPS) is 16.9. The van der Waals surface area contributed by atoms with Crippen LogP contribution in [0.4, 0.5) is 5.69 Å². The van der Waals surface area contributed by atoms with E-state index in [1.807, 2.05) is 55.8 Å². The average molecular weight is 369 g/mol. The first-order chi connectivity index (χ1) is 12.9. The Morgan fingerprint density at radius 2 is 1.81 bits per heavy atom. The van der Waals surface area contributed by atoms with E-state index < -0.39 is 0 Å². The van der Waals surface area contributed by atoms with Gasteiger partial charge in [-0.3, -0.25) is 14.5 Å². The van der Waals surface area contributed by atoms with Gasteiger partial charge in [-0.25, -0.2) is 4.68 Å². The maximum absolute atomic E-state index is 12.8. The molecule has 7 heteroatoms. The van der Waals surface area contributed by atoms with Gasteiger partial charge in [0.05, 0.1) is 28.8 Å². The number of hydrogen-bond donors (Lipinski definition) is 2. The maximum atomic E-state index is 12.8. The van der Waals surface area contributed by atoms with Crippen molar-refractivity contribution in [3.63, 3.8) is 0 Å². The molecule has 1 aromatic carbocycles. The summed E-state index contributed by atoms with van der Waals surface area (Å²) in [5.41, 5.74) is 8.78. The third-order valence-corrected chi connectivity index (χ3v) is 5.40. The average Bonchev–Trinajstić information content (AvgIpc) is 2.96. The highest BCUT2D eigenvalue weighted by molar-refractivity contribution is 5.95. The van der Waals surface area contributed by atoms with Gasteiger partial charge < -0.3 is 11.1 Å². The minimum atomic E-state index is -0.280. The molecule has 0 aliphatic carbocycles. The molecular weight excluding hydrogens is 342 g/mol. The zero-order valence-corrected chi connectivity index (χ0v) is 16.1. The second kappa shape index (κ2) is 7.92. The zero-order valence-electron chi connectivity index (χ0n) is 16.1. The smallest absolute Gasteiger partial charge is 0.241 e. The van der Waals surface area contributed by atoms with Gasteiger partial charge in [0.25, 0.3) is 0 Å². The van der Waals surface area contributed by atoms with Crippen molar-refractivity contribution in [2.45, 2.75) is 39.7 Å². The Morgan fingerprint density at radius 1 is 1.19 bits per heavy atom. The molecule has 3 rings (SSSR count). The first-order valence-electron chi connectivity index (χ1n) is 9.34. The molecule has 1 atom stereocenters. The molecule has 1 unspecified atom stereocenters. The number of nitrogens with zero attached hydrogens (tertiary/aromatic N) is 3. The predicted octanol–water partition coefficient (Wildman–Crippen LogP) is 2.01. The summed E-state index contributed by atoms with van der Waals surface area (Å²) in [7, 11) is 0. The van der Waals surface area contributed by atoms with Crippen LogP contribution in [-0.2, 0) is 9.59 Å². The van der Waals surface area contributed by atoms with E-state index in [0.717, 1.165) is 22.8 Å². The van der Waals surface area contributed by atoms with Gasteiger partial charge >= 0.3 is 0 Å². The van der Waals surface area contributed by atoms with Crippen molar-refractivity contribution in [3.8, 4) is 5.69 Å². The summed E-state index contributed by atoms with van der Waals surface area (Å²) in [6, 6.07) is 9.57. The number of hydrogen-bond acceptors (Lipinski definition) is 4. The lowest BCUT2D eigenvalue weighted by molar-refractivity contribution is -0.124. The van der Waals surface area contributed by atoms with Gasteiger partial charge in [0, 0.05) is 5.92 Å². The van der Waals surface area contributed by atoms with E-state index in [4.69, 9.17) is 5.73 Å². The lowest BCUT2D eigenvalue weighted by Crippen LogP contribution is -2.47. The molecule has 3 N–H and O–H groups in total. The van der Waals surface area contributed by atoms with Crippen molar-refractivity contribution in [1.82, 2.24) is 14.7 Å². The number of carbonyl (C=O) groups is 2. The summed E-state index contributed by atoms with van der Waals surface area (Å²) in [5, 5.41) is 7.62. The number of rotatable bonds is 5. The van der Waals surface area contributed by atoms with Gasteiger partial charge in [0.1, 0.15) is 0 Å². The number of para-hydroxylation sites is 1. The number of nitrogens with two attached hydrogens (primary N) is 1. The van der Waals surface area contributed by atoms with Crippen LogP contribution >= 0.6 is 0 Å². The number of benzene rings is 1. The van der Waals surface area contributed by atoms with Crippen LogP contribution in [-0.4, -0.2) is 45.6 Å². The van der Waals surface area contributed by atoms with Crippen molar-refractivity contribution in [2.24, 2.45) is 11.7 Å². The van der Waals surface area contributed by atoms with Crippen molar-refractivity contribution in [2.75, 3.05) is 18.4 Å². The van der Waals surface area contributed by atoms with E-state index in [0.29, 0.717) is 25.9 Å². The van der Waals surface area contributed by atoms with Crippen molar-refractivity contribution in [1.29, 1.82) is 0 Å². The van der Waals surface area contributed by atoms with E-state index in [-0.39, 0.29) is 23.8 Å². The number of nitrogens with one attached hydrogen (secondary N) is 1. The molecule has 0 bridgehead atoms. The maximum Gasteiger partial charge on any atom is 0.241 e. The predicted molar refractivity (Wildman–Crippen MR) is 105 cm³/mol. The molecule has 0 saturated carbocycles. The Labute approximate surface area is 159 Å². The standard InChI is InChI=1S/C20H27N5O2/c1-13-18(14(2)25(23-13)17-7-5-4-6-8-17)22-20(27)15(3)24-11-9-16(10-12-24)19(21)26/h4-8,15-16H,9-12H2,1-3H3,(H2,21,26)(H,22,27). The Morgan fingerprint density at radius 3 is 2.41 bits per heavy atom. The number of piperidine rings is 1. The lowest BCUT2D eigenvalue weighted by Gasteiger charge is -2.34. The third-order valence-electron chi connectivity index (χ3n) is 5.40. The van der Waals surface area contributed by atoms with Crippen molar-refractivity contribution in [3.05, 3.63) is 41.7 Å². The van der Waals surface area contributed by atoms with Gasteiger partial charge in [-0.2, -0.15) is 5.10 Å². The third kappa shape index (κ3) is 4.03. The molecule has 2 amide bonds.